The number of aryl methyl sites for hydroxylation is 1. The Morgan fingerprint density at radius 1 is 1.05 bits per heavy atom. The normalized spacial score (nSPS) is 12.1. The van der Waals surface area contributed by atoms with E-state index in [4.69, 9.17) is 16.3 Å². The fraction of sp³-hybridized carbons (Fsp3) is 0.333. The lowest BCUT2D eigenvalue weighted by Crippen LogP contribution is -2.23. The highest BCUT2D eigenvalue weighted by atomic mass is 35.5. The van der Waals surface area contributed by atoms with Crippen LogP contribution in [-0.2, 0) is 6.42 Å². The average molecular weight is 304 g/mol. The molecule has 2 nitrogen and oxygen atoms in total. The second-order valence-corrected chi connectivity index (χ2v) is 5.53. The molecule has 0 fully saturated rings. The van der Waals surface area contributed by atoms with Crippen LogP contribution in [0.15, 0.2) is 48.5 Å². The van der Waals surface area contributed by atoms with Crippen molar-refractivity contribution in [2.45, 2.75) is 25.8 Å². The van der Waals surface area contributed by atoms with E-state index in [9.17, 15) is 0 Å². The van der Waals surface area contributed by atoms with Crippen LogP contribution in [0.2, 0.25) is 5.02 Å². The summed E-state index contributed by atoms with van der Waals surface area (Å²) in [5.74, 6) is 0.835. The van der Waals surface area contributed by atoms with Crippen molar-refractivity contribution in [3.05, 3.63) is 64.7 Å². The van der Waals surface area contributed by atoms with Crippen molar-refractivity contribution >= 4 is 11.6 Å². The molecule has 0 radical (unpaired) electrons. The van der Waals surface area contributed by atoms with Gasteiger partial charge in [-0.25, -0.2) is 0 Å². The van der Waals surface area contributed by atoms with Gasteiger partial charge in [0.25, 0.3) is 0 Å². The molecular weight excluding hydrogens is 282 g/mol. The van der Waals surface area contributed by atoms with E-state index in [2.05, 4.69) is 36.5 Å². The number of halogens is 1. The van der Waals surface area contributed by atoms with Gasteiger partial charge in [-0.2, -0.15) is 0 Å². The predicted molar refractivity (Wildman–Crippen MR) is 89.2 cm³/mol. The minimum absolute atomic E-state index is 0.177. The van der Waals surface area contributed by atoms with E-state index in [1.165, 1.54) is 17.5 Å². The van der Waals surface area contributed by atoms with Crippen molar-refractivity contribution in [1.82, 2.24) is 5.32 Å². The molecule has 0 aliphatic carbocycles. The molecular formula is C18H22ClNO. The number of likely N-dealkylation sites (N-methyl/N-ethyl adjacent to an activating group) is 1. The Morgan fingerprint density at radius 2 is 1.71 bits per heavy atom. The van der Waals surface area contributed by atoms with Crippen LogP contribution in [0.5, 0.6) is 5.75 Å². The quantitative estimate of drug-likeness (QED) is 0.805. The summed E-state index contributed by atoms with van der Waals surface area (Å²) in [7, 11) is 1.95. The van der Waals surface area contributed by atoms with E-state index in [-0.39, 0.29) is 6.04 Å². The maximum Gasteiger partial charge on any atom is 0.119 e. The summed E-state index contributed by atoms with van der Waals surface area (Å²) >= 11 is 5.87. The number of hydrogen-bond donors (Lipinski definition) is 1. The SMILES string of the molecule is CCCc1ccc(C(COc2ccc(Cl)cc2)NC)cc1. The maximum absolute atomic E-state index is 5.87. The molecule has 21 heavy (non-hydrogen) atoms. The largest absolute Gasteiger partial charge is 0.492 e. The second kappa shape index (κ2) is 8.06. The zero-order chi connectivity index (χ0) is 15.1. The Hall–Kier alpha value is -1.51. The zero-order valence-electron chi connectivity index (χ0n) is 12.6. The first-order valence-electron chi connectivity index (χ1n) is 7.37. The summed E-state index contributed by atoms with van der Waals surface area (Å²) in [4.78, 5) is 0. The fourth-order valence-corrected chi connectivity index (χ4v) is 2.39. The summed E-state index contributed by atoms with van der Waals surface area (Å²) in [6.07, 6.45) is 2.31. The molecule has 1 unspecified atom stereocenters. The smallest absolute Gasteiger partial charge is 0.119 e. The van der Waals surface area contributed by atoms with Crippen molar-refractivity contribution in [1.29, 1.82) is 0 Å². The Kier molecular flexibility index (Phi) is 6.09. The van der Waals surface area contributed by atoms with Crippen LogP contribution in [0.25, 0.3) is 0 Å². The molecule has 0 saturated heterocycles. The Labute approximate surface area is 132 Å². The Morgan fingerprint density at radius 3 is 2.29 bits per heavy atom. The van der Waals surface area contributed by atoms with E-state index < -0.39 is 0 Å². The Bertz CT molecular complexity index is 536. The molecule has 112 valence electrons. The standard InChI is InChI=1S/C18H22ClNO/c1-3-4-14-5-7-15(8-6-14)18(20-2)13-21-17-11-9-16(19)10-12-17/h5-12,18,20H,3-4,13H2,1-2H3. The third-order valence-corrected chi connectivity index (χ3v) is 3.75. The first kappa shape index (κ1) is 15.9. The van der Waals surface area contributed by atoms with Crippen LogP contribution in [0.4, 0.5) is 0 Å². The molecule has 0 aromatic heterocycles. The van der Waals surface area contributed by atoms with Crippen LogP contribution in [0, 0.1) is 0 Å². The van der Waals surface area contributed by atoms with Crippen LogP contribution >= 0.6 is 11.6 Å². The third kappa shape index (κ3) is 4.76. The highest BCUT2D eigenvalue weighted by molar-refractivity contribution is 6.30. The Balaban J connectivity index is 1.97. The van der Waals surface area contributed by atoms with Gasteiger partial charge in [0.1, 0.15) is 12.4 Å². The molecule has 1 atom stereocenters. The van der Waals surface area contributed by atoms with E-state index in [1.807, 2.05) is 31.3 Å². The molecule has 0 heterocycles. The lowest BCUT2D eigenvalue weighted by Gasteiger charge is -2.18. The predicted octanol–water partition coefficient (Wildman–Crippen LogP) is 4.63. The van der Waals surface area contributed by atoms with Crippen molar-refractivity contribution in [3.8, 4) is 5.75 Å². The third-order valence-electron chi connectivity index (χ3n) is 3.50. The van der Waals surface area contributed by atoms with Gasteiger partial charge < -0.3 is 10.1 Å². The fourth-order valence-electron chi connectivity index (χ4n) is 2.26. The molecule has 3 heteroatoms. The number of benzene rings is 2. The molecule has 0 aliphatic heterocycles. The van der Waals surface area contributed by atoms with Gasteiger partial charge in [-0.1, -0.05) is 49.2 Å². The summed E-state index contributed by atoms with van der Waals surface area (Å²) in [6.45, 7) is 2.79. The number of rotatable bonds is 7. The molecule has 0 aliphatic rings. The van der Waals surface area contributed by atoms with Crippen LogP contribution in [0.3, 0.4) is 0 Å². The van der Waals surface area contributed by atoms with Gasteiger partial charge in [-0.15, -0.1) is 0 Å². The van der Waals surface area contributed by atoms with E-state index in [0.29, 0.717) is 6.61 Å². The van der Waals surface area contributed by atoms with Crippen LogP contribution in [-0.4, -0.2) is 13.7 Å². The van der Waals surface area contributed by atoms with Gasteiger partial charge in [0.2, 0.25) is 0 Å². The number of nitrogens with one attached hydrogen (secondary N) is 1. The second-order valence-electron chi connectivity index (χ2n) is 5.10. The first-order valence-corrected chi connectivity index (χ1v) is 7.75. The topological polar surface area (TPSA) is 21.3 Å². The minimum Gasteiger partial charge on any atom is -0.492 e. The van der Waals surface area contributed by atoms with Gasteiger partial charge in [0.05, 0.1) is 6.04 Å². The van der Waals surface area contributed by atoms with E-state index in [0.717, 1.165) is 17.2 Å². The van der Waals surface area contributed by atoms with Gasteiger partial charge >= 0.3 is 0 Å². The molecule has 2 aromatic carbocycles. The molecule has 0 saturated carbocycles. The lowest BCUT2D eigenvalue weighted by atomic mass is 10.0. The molecule has 0 spiro atoms. The summed E-state index contributed by atoms with van der Waals surface area (Å²) < 4.78 is 5.83. The summed E-state index contributed by atoms with van der Waals surface area (Å²) in [5, 5.41) is 4.02. The van der Waals surface area contributed by atoms with Crippen molar-refractivity contribution in [3.63, 3.8) is 0 Å². The summed E-state index contributed by atoms with van der Waals surface area (Å²) in [6, 6.07) is 16.4. The van der Waals surface area contributed by atoms with Crippen molar-refractivity contribution in [2.75, 3.05) is 13.7 Å². The van der Waals surface area contributed by atoms with Gasteiger partial charge in [0.15, 0.2) is 0 Å². The minimum atomic E-state index is 0.177. The molecule has 0 bridgehead atoms. The molecule has 2 rings (SSSR count). The maximum atomic E-state index is 5.87. The van der Waals surface area contributed by atoms with Gasteiger partial charge in [-0.05, 0) is 48.9 Å². The van der Waals surface area contributed by atoms with E-state index >= 15 is 0 Å². The molecule has 0 amide bonds. The highest BCUT2D eigenvalue weighted by Gasteiger charge is 2.10. The van der Waals surface area contributed by atoms with Crippen molar-refractivity contribution < 1.29 is 4.74 Å². The van der Waals surface area contributed by atoms with Gasteiger partial charge in [-0.3, -0.25) is 0 Å². The highest BCUT2D eigenvalue weighted by Crippen LogP contribution is 2.19. The summed E-state index contributed by atoms with van der Waals surface area (Å²) in [5.41, 5.74) is 2.63. The van der Waals surface area contributed by atoms with Crippen molar-refractivity contribution in [2.24, 2.45) is 0 Å². The van der Waals surface area contributed by atoms with E-state index in [1.54, 1.807) is 0 Å². The number of ether oxygens (including phenoxy) is 1. The monoisotopic (exact) mass is 303 g/mol. The zero-order valence-corrected chi connectivity index (χ0v) is 13.4. The van der Waals surface area contributed by atoms with Crippen LogP contribution in [0.1, 0.15) is 30.5 Å². The first-order chi connectivity index (χ1) is 10.2. The van der Waals surface area contributed by atoms with Crippen LogP contribution < -0.4 is 10.1 Å². The molecule has 1 N–H and O–H groups in total. The molecule has 2 aromatic rings. The lowest BCUT2D eigenvalue weighted by molar-refractivity contribution is 0.273. The average Bonchev–Trinajstić information content (AvgIpc) is 2.51. The van der Waals surface area contributed by atoms with Gasteiger partial charge in [0, 0.05) is 5.02 Å². The number of hydrogen-bond acceptors (Lipinski definition) is 2.